The van der Waals surface area contributed by atoms with Crippen molar-refractivity contribution in [3.63, 3.8) is 0 Å². The molecule has 0 aliphatic carbocycles. The van der Waals surface area contributed by atoms with Gasteiger partial charge < -0.3 is 63.9 Å². The minimum absolute atomic E-state index is 0. The molecule has 0 amide bonds. The molecule has 0 radical (unpaired) electrons. The number of fused-ring (bicyclic) bond motifs is 4. The normalized spacial score (nSPS) is 11.8. The topological polar surface area (TPSA) is 579 Å². The summed E-state index contributed by atoms with van der Waals surface area (Å²) in [6.07, 6.45) is 0. The van der Waals surface area contributed by atoms with Crippen LogP contribution in [0.4, 0.5) is 69.3 Å². The second kappa shape index (κ2) is 36.9. The molecule has 0 spiro atoms. The van der Waals surface area contributed by atoms with E-state index in [0.29, 0.717) is 0 Å². The third kappa shape index (κ3) is 21.3. The fourth-order valence-corrected chi connectivity index (χ4v) is 13.7. The summed E-state index contributed by atoms with van der Waals surface area (Å²) < 4.78 is 222. The van der Waals surface area contributed by atoms with Crippen molar-refractivity contribution >= 4 is 185 Å². The third-order valence-electron chi connectivity index (χ3n) is 13.1. The molecule has 35 nitrogen and oxygen atoms in total. The van der Waals surface area contributed by atoms with Crippen molar-refractivity contribution < 1.29 is 330 Å². The predicted molar refractivity (Wildman–Crippen MR) is 319 cm³/mol. The summed E-state index contributed by atoms with van der Waals surface area (Å²) in [5.74, 6) is -3.40. The predicted octanol–water partition coefficient (Wildman–Crippen LogP) is -16.7. The first kappa shape index (κ1) is 93.8. The number of aromatic hydroxyl groups is 3. The van der Waals surface area contributed by atoms with Crippen LogP contribution in [0.25, 0.3) is 43.1 Å². The van der Waals surface area contributed by atoms with Crippen LogP contribution in [-0.4, -0.2) is 123 Å². The summed E-state index contributed by atoms with van der Waals surface area (Å²) in [7, 11) is -32.3. The number of benzene rings is 9. The van der Waals surface area contributed by atoms with Gasteiger partial charge in [0.1, 0.15) is 83.5 Å². The fraction of sp³-hybridized carbons (Fsp3) is 0. The Morgan fingerprint density at radius 3 is 1.30 bits per heavy atom. The van der Waals surface area contributed by atoms with Gasteiger partial charge in [-0.15, -0.1) is 21.0 Å². The molecule has 0 aliphatic rings. The monoisotopic (exact) mass is 1590 g/mol. The molecule has 0 saturated heterocycles. The van der Waals surface area contributed by atoms with E-state index in [2.05, 4.69) is 83.8 Å². The number of halogens is 1. The summed E-state index contributed by atoms with van der Waals surface area (Å²) >= 11 is 6.27. The Labute approximate surface area is 759 Å². The molecule has 2 aromatic heterocycles. The number of hydrogen-bond donors (Lipinski definition) is 7. The summed E-state index contributed by atoms with van der Waals surface area (Å²) in [6.45, 7) is 0. The zero-order valence-corrected chi connectivity index (χ0v) is 75.2. The van der Waals surface area contributed by atoms with Crippen molar-refractivity contribution in [2.24, 2.45) is 20.5 Å². The van der Waals surface area contributed by atoms with Crippen LogP contribution >= 0.6 is 11.6 Å². The molecule has 50 heteroatoms. The van der Waals surface area contributed by atoms with E-state index >= 15 is 0 Å². The van der Waals surface area contributed by atoms with Gasteiger partial charge in [-0.25, -0.2) is 50.5 Å². The Morgan fingerprint density at radius 2 is 0.833 bits per heavy atom. The van der Waals surface area contributed by atoms with Gasteiger partial charge in [0.25, 0.3) is 0 Å². The number of aromatic nitrogens is 6. The van der Waals surface area contributed by atoms with Crippen LogP contribution in [0.15, 0.2) is 171 Å². The quantitative estimate of drug-likeness (QED) is 0.0181. The van der Waals surface area contributed by atoms with E-state index in [9.17, 15) is 93.1 Å². The molecule has 0 fully saturated rings. The van der Waals surface area contributed by atoms with Gasteiger partial charge in [-0.05, 0) is 66.2 Å². The minimum atomic E-state index is -5.60. The van der Waals surface area contributed by atoms with Gasteiger partial charge >= 0.3 is 242 Å². The van der Waals surface area contributed by atoms with Crippen molar-refractivity contribution in [1.29, 1.82) is 0 Å². The van der Waals surface area contributed by atoms with Crippen LogP contribution in [0.3, 0.4) is 0 Å². The first-order valence-electron chi connectivity index (χ1n) is 25.2. The Kier molecular flexibility index (Phi) is 33.9. The average molecular weight is 1600 g/mol. The van der Waals surface area contributed by atoms with E-state index < -0.39 is 169 Å². The number of azo groups is 2. The van der Waals surface area contributed by atoms with Gasteiger partial charge in [0.15, 0.2) is 0 Å². The number of phenolic OH excluding ortho intramolecular Hbond substituents is 2. The number of nitrogens with one attached hydrogen (secondary N) is 4. The Bertz CT molecular complexity index is 5930. The van der Waals surface area contributed by atoms with Crippen molar-refractivity contribution in [1.82, 2.24) is 29.9 Å². The molecule has 0 saturated carbocycles. The van der Waals surface area contributed by atoms with Gasteiger partial charge in [0.2, 0.25) is 29.1 Å². The first-order valence-corrected chi connectivity index (χ1v) is 34.0. The summed E-state index contributed by atoms with van der Waals surface area (Å²) in [4.78, 5) is 18.1. The molecule has 0 atom stereocenters. The second-order valence-electron chi connectivity index (χ2n) is 19.1. The van der Waals surface area contributed by atoms with E-state index in [1.807, 2.05) is 0 Å². The minimum Gasteiger partial charge on any atom is -0.744 e. The molecule has 11 rings (SSSR count). The van der Waals surface area contributed by atoms with Crippen molar-refractivity contribution in [2.75, 3.05) is 21.3 Å². The molecular formula is C52H27ClN14Na8O21S6. The first-order chi connectivity index (χ1) is 44.0. The Balaban J connectivity index is 0.00000338. The largest absolute Gasteiger partial charge is 1.00 e. The van der Waals surface area contributed by atoms with Gasteiger partial charge in [0.05, 0.1) is 24.5 Å². The molecule has 0 bridgehead atoms. The summed E-state index contributed by atoms with van der Waals surface area (Å²) in [6, 6.07) is 25.2. The van der Waals surface area contributed by atoms with Crippen molar-refractivity contribution in [3.8, 4) is 17.5 Å². The molecule has 7 N–H and O–H groups in total. The smallest absolute Gasteiger partial charge is 0.744 e. The summed E-state index contributed by atoms with van der Waals surface area (Å²) in [5.41, 5.74) is -3.24. The maximum atomic E-state index is 12.6. The number of anilines is 8. The van der Waals surface area contributed by atoms with Crippen LogP contribution in [0.2, 0.25) is 5.28 Å². The second-order valence-corrected chi connectivity index (χ2v) is 27.5. The van der Waals surface area contributed by atoms with E-state index in [4.69, 9.17) is 11.6 Å². The zero-order chi connectivity index (χ0) is 67.8. The van der Waals surface area contributed by atoms with Crippen molar-refractivity contribution in [3.05, 3.63) is 139 Å². The molecular weight excluding hydrogens is 1570 g/mol. The summed E-state index contributed by atoms with van der Waals surface area (Å²) in [5, 5.41) is 56.3. The number of rotatable bonds is 18. The molecule has 0 aliphatic heterocycles. The molecule has 9 aromatic carbocycles. The molecule has 2 heterocycles. The van der Waals surface area contributed by atoms with Crippen LogP contribution in [0.5, 0.6) is 17.5 Å². The van der Waals surface area contributed by atoms with Crippen molar-refractivity contribution in [2.45, 2.75) is 29.4 Å². The number of phenols is 2. The molecule has 0 unspecified atom stereocenters. The third-order valence-corrected chi connectivity index (χ3v) is 18.6. The van der Waals surface area contributed by atoms with Crippen LogP contribution in [-0.2, 0) is 60.7 Å². The number of hydrogen-bond acceptors (Lipinski definition) is 35. The maximum absolute atomic E-state index is 12.6. The van der Waals surface area contributed by atoms with Gasteiger partial charge in [-0.3, -0.25) is 0 Å². The van der Waals surface area contributed by atoms with E-state index in [0.717, 1.165) is 91.0 Å². The average Bonchev–Trinajstić information content (AvgIpc) is 0.768. The Hall–Kier alpha value is -2.41. The van der Waals surface area contributed by atoms with Gasteiger partial charge in [0, 0.05) is 54.9 Å². The maximum Gasteiger partial charge on any atom is 1.00 e. The van der Waals surface area contributed by atoms with Crippen LogP contribution in [0, 0.1) is 12.1 Å². The molecule has 102 heavy (non-hydrogen) atoms. The van der Waals surface area contributed by atoms with Crippen LogP contribution < -0.4 is 258 Å². The fourth-order valence-electron chi connectivity index (χ4n) is 9.37. The Morgan fingerprint density at radius 1 is 0.402 bits per heavy atom. The number of nitrogens with zero attached hydrogens (tertiary/aromatic N) is 10. The van der Waals surface area contributed by atoms with E-state index in [-0.39, 0.29) is 293 Å². The van der Waals surface area contributed by atoms with Crippen LogP contribution in [0.1, 0.15) is 0 Å². The van der Waals surface area contributed by atoms with E-state index in [1.54, 1.807) is 0 Å². The molecule has 11 aromatic rings. The zero-order valence-electron chi connectivity index (χ0n) is 53.5. The molecule has 482 valence electrons. The van der Waals surface area contributed by atoms with Gasteiger partial charge in [-0.1, -0.05) is 65.0 Å². The van der Waals surface area contributed by atoms with Gasteiger partial charge in [-0.2, -0.15) is 70.5 Å². The van der Waals surface area contributed by atoms with E-state index in [1.165, 1.54) is 30.3 Å². The SMILES string of the molecule is O=S(=O)([O-])c1cc(Nc2nc(Cl)nc(Nc3ccc(Nc4nc(O)nc(Nc5c[c-]cc6cc(S(=O)(=O)[O-])c(N=Nc7ccc8c(S(=O)(=O)[O-])cccc8c7S(=O)(=O)[O-])c(O)c56)n4)cc3)n2)c2c(O)c(N=Nc3ccc4c(S(=O)(=O)[O-])cccc4c3S(=O)(=O)[O-])[c-]cc2c1.[Na+].[Na+].[Na+].[Na+].[Na+].[Na+].[Na+].[Na+]. The standard InChI is InChI=1S/C52H33ClN14O21S6.8Na/c53-47-58-48(60-50(59-47)57-36-22-27(89(71,72)73)20-24-10-17-33(43(68)41(24)36)64-65-34-18-15-28-30(45(34)93(83,84)85)5-2-8-37(28)90(74,75)76)54-25-11-13-26(14-12-25)55-49-61-51(63-52(70)62-49)56-32-7-1-4-23-21-39(92(80,81)82)42(44(69)40(23)32)67-66-35-19-16-29-31(46(35)94(86,87)88)6-3-9-38(29)91(77,78)79;;;;;;;;/h2-16,18-22,68-69H,(H,71,72,73)(H,74,75,76)(H,77,78,79)(H,80,81,82)(H,83,84,85)(H,86,87,88)(H2,54,57,58,59,60)(H3,55,56,61,62,63,70);;;;;;;;/q-2;8*+1/p-6.